The fourth-order valence-electron chi connectivity index (χ4n) is 11.6. The summed E-state index contributed by atoms with van der Waals surface area (Å²) in [5, 5.41) is 63.6. The van der Waals surface area contributed by atoms with E-state index >= 15 is 0 Å². The maximum atomic E-state index is 14.5. The highest BCUT2D eigenvalue weighted by molar-refractivity contribution is 14.1. The Hall–Kier alpha value is -3.33. The van der Waals surface area contributed by atoms with E-state index in [2.05, 4.69) is 51.7 Å². The molecule has 5 aliphatic heterocycles. The monoisotopic (exact) mass is 1420 g/mol. The molecule has 7 aliphatic rings. The summed E-state index contributed by atoms with van der Waals surface area (Å²) >= 11 is 2.83. The van der Waals surface area contributed by atoms with Crippen molar-refractivity contribution in [2.45, 2.75) is 187 Å². The average Bonchev–Trinajstić information content (AvgIpc) is 0.962. The molecule has 5 saturated heterocycles. The number of hydrogen-bond acceptors (Lipinski definition) is 27. The van der Waals surface area contributed by atoms with Gasteiger partial charge in [0.15, 0.2) is 41.8 Å². The number of likely N-dealkylation sites (tertiary alicyclic amines) is 1. The zero-order valence-electron chi connectivity index (χ0n) is 51.6. The zero-order chi connectivity index (χ0) is 64.4. The molecule has 1 aromatic carbocycles. The standard InChI is InChI=1S/C60H83IN4O21S3/c1-12-62-35-28-79-40(26-39(35)74-7)84-53-48(69)45(30(3)81-58(53)83-38-17-15-13-14-16-21-60(73)27-37(67)46(63-59(72)78-11)43(38)34(60)20-24-87-89-33-18-22-65(6)23-19-33)64-86-41-25-36(66)55(32(5)80-41)88-56(71)42-29(2)44(61)51(54(77-10)50(42)75-8)85-57-49(70)52(76-9)47(68)31(4)82-57/h13-14,20,30-33,35-36,38-41,45,47-49,52-53,55,57-58,62,64,66,68-70,73H,12,18-19,22-28H2,1-11H3,(H,63,72)/t30-,31+,32-,35+,36+,38+,39+,40+,41+,45-,47+,48+,49-,52-,53-,55-,57+,58+,60+/m1/s1. The van der Waals surface area contributed by atoms with Crippen LogP contribution in [-0.2, 0) is 52.3 Å². The fourth-order valence-corrected chi connectivity index (χ4v) is 15.9. The van der Waals surface area contributed by atoms with Gasteiger partial charge >= 0.3 is 6.09 Å². The molecule has 5 fully saturated rings. The van der Waals surface area contributed by atoms with Crippen LogP contribution in [-0.4, -0.2) is 243 Å². The van der Waals surface area contributed by atoms with Crippen molar-refractivity contribution < 1.29 is 102 Å². The molecule has 0 radical (unpaired) electrons. The highest BCUT2D eigenvalue weighted by atomic mass is 127. The Labute approximate surface area is 544 Å². The molecule has 25 nitrogen and oxygen atoms in total. The van der Waals surface area contributed by atoms with Gasteiger partial charge in [0.2, 0.25) is 17.2 Å². The number of aliphatic hydroxyl groups excluding tert-OH is 4. The molecule has 2 aliphatic carbocycles. The summed E-state index contributed by atoms with van der Waals surface area (Å²) in [6.07, 6.45) is -11.7. The van der Waals surface area contributed by atoms with Gasteiger partial charge in [0, 0.05) is 49.2 Å². The Balaban J connectivity index is 1.02. The van der Waals surface area contributed by atoms with Crippen LogP contribution in [0.2, 0.25) is 0 Å². The van der Waals surface area contributed by atoms with Crippen LogP contribution in [0.25, 0.3) is 0 Å². The molecule has 0 saturated carbocycles. The lowest BCUT2D eigenvalue weighted by Gasteiger charge is -2.46. The van der Waals surface area contributed by atoms with Crippen molar-refractivity contribution >= 4 is 72.9 Å². The number of alkyl carbamates (subject to hydrolysis) is 1. The molecule has 8 rings (SSSR count). The number of thioether (sulfide) groups is 1. The molecule has 29 heteroatoms. The largest absolute Gasteiger partial charge is 0.492 e. The van der Waals surface area contributed by atoms with Gasteiger partial charge in [-0.2, -0.15) is 5.48 Å². The maximum absolute atomic E-state index is 14.5. The van der Waals surface area contributed by atoms with E-state index in [-0.39, 0.29) is 71.2 Å². The van der Waals surface area contributed by atoms with Crippen molar-refractivity contribution in [3.05, 3.63) is 49.8 Å². The second kappa shape index (κ2) is 32.7. The number of Topliss-reactive ketones (excluding diaryl/α,β-unsaturated/α-hetero) is 1. The van der Waals surface area contributed by atoms with Crippen LogP contribution in [0.1, 0.15) is 75.7 Å². The number of rotatable bonds is 22. The average molecular weight is 1420 g/mol. The number of nitrogens with zero attached hydrogens (tertiary/aromatic N) is 1. The van der Waals surface area contributed by atoms with Crippen molar-refractivity contribution in [1.82, 2.24) is 21.0 Å². The SMILES string of the molecule is CCN[C@H]1CO[C@@H](O[C@H]2[C@H](O[C@H]3C#CC=CC#C[C@]4(O)CC(=O)C(NC(=O)OC)=C3C4=CCSSC3CCN(C)CC3)O[C@H](C)[C@@H](NO[C@H]3C[C@H](O)[C@H](SC(=O)c4c(C)c(I)c(O[C@@H]5O[C@@H](C)[C@H](O)[C@@H](OC)[C@H]5O)c(OC)c4OC)[C@@H](C)O3)[C@@H]2O)C[C@@H]1OC. The number of carbonyl (C=O) groups excluding carboxylic acids is 3. The molecule has 89 heavy (non-hydrogen) atoms. The van der Waals surface area contributed by atoms with Crippen LogP contribution in [0.4, 0.5) is 4.79 Å². The van der Waals surface area contributed by atoms with Crippen LogP contribution in [0.3, 0.4) is 0 Å². The highest BCUT2D eigenvalue weighted by Crippen LogP contribution is 2.49. The summed E-state index contributed by atoms with van der Waals surface area (Å²) < 4.78 is 72.9. The number of ether oxygens (including phenoxy) is 12. The number of aliphatic hydroxyl groups is 5. The van der Waals surface area contributed by atoms with Gasteiger partial charge in [0.1, 0.15) is 36.6 Å². The van der Waals surface area contributed by atoms with E-state index in [1.807, 2.05) is 29.5 Å². The first kappa shape index (κ1) is 71.5. The van der Waals surface area contributed by atoms with E-state index in [9.17, 15) is 39.9 Å². The predicted molar refractivity (Wildman–Crippen MR) is 337 cm³/mol. The second-order valence-electron chi connectivity index (χ2n) is 22.4. The number of carbonyl (C=O) groups is 3. The van der Waals surface area contributed by atoms with Crippen molar-refractivity contribution in [3.8, 4) is 40.9 Å². The smallest absolute Gasteiger partial charge is 0.411 e. The minimum absolute atomic E-state index is 0.00315. The lowest BCUT2D eigenvalue weighted by Crippen LogP contribution is -2.65. The van der Waals surface area contributed by atoms with E-state index in [4.69, 9.17) is 61.7 Å². The summed E-state index contributed by atoms with van der Waals surface area (Å²) in [4.78, 5) is 50.3. The lowest BCUT2D eigenvalue weighted by atomic mass is 9.75. The van der Waals surface area contributed by atoms with Crippen LogP contribution in [0.5, 0.6) is 17.2 Å². The molecule has 1 amide bonds. The lowest BCUT2D eigenvalue weighted by molar-refractivity contribution is -0.336. The number of methoxy groups -OCH3 is 5. The number of fused-ring (bicyclic) bond motifs is 2. The van der Waals surface area contributed by atoms with Crippen LogP contribution in [0, 0.1) is 34.2 Å². The molecule has 0 spiro atoms. The first-order chi connectivity index (χ1) is 42.6. The third-order valence-electron chi connectivity index (χ3n) is 16.5. The molecule has 494 valence electrons. The first-order valence-corrected chi connectivity index (χ1v) is 33.8. The van der Waals surface area contributed by atoms with E-state index in [0.29, 0.717) is 26.7 Å². The van der Waals surface area contributed by atoms with Gasteiger partial charge in [0.25, 0.3) is 0 Å². The summed E-state index contributed by atoms with van der Waals surface area (Å²) in [6.45, 7) is 11.4. The van der Waals surface area contributed by atoms with Gasteiger partial charge in [-0.25, -0.2) is 4.79 Å². The maximum Gasteiger partial charge on any atom is 0.411 e. The number of hydrogen-bond donors (Lipinski definition) is 8. The summed E-state index contributed by atoms with van der Waals surface area (Å²) in [6, 6.07) is -1.27. The zero-order valence-corrected chi connectivity index (χ0v) is 56.2. The number of halogens is 1. The van der Waals surface area contributed by atoms with Crippen molar-refractivity contribution in [3.63, 3.8) is 0 Å². The molecular formula is C60H83IN4O21S3. The summed E-state index contributed by atoms with van der Waals surface area (Å²) in [5.41, 5.74) is 1.37. The molecule has 5 heterocycles. The van der Waals surface area contributed by atoms with E-state index < -0.39 is 127 Å². The molecule has 0 unspecified atom stereocenters. The minimum Gasteiger partial charge on any atom is -0.492 e. The highest BCUT2D eigenvalue weighted by Gasteiger charge is 2.52. The van der Waals surface area contributed by atoms with Gasteiger partial charge < -0.3 is 92.6 Å². The molecule has 8 N–H and O–H groups in total. The normalized spacial score (nSPS) is 35.7. The van der Waals surface area contributed by atoms with E-state index in [1.54, 1.807) is 62.5 Å². The van der Waals surface area contributed by atoms with Crippen LogP contribution in [0.15, 0.2) is 35.1 Å². The van der Waals surface area contributed by atoms with Crippen molar-refractivity contribution in [1.29, 1.82) is 0 Å². The quantitative estimate of drug-likeness (QED) is 0.0272. The second-order valence-corrected chi connectivity index (χ2v) is 27.4. The molecule has 1 aromatic rings. The van der Waals surface area contributed by atoms with Crippen LogP contribution >= 0.6 is 55.9 Å². The van der Waals surface area contributed by atoms with Gasteiger partial charge in [-0.05, 0) is 108 Å². The van der Waals surface area contributed by atoms with Crippen molar-refractivity contribution in [2.24, 2.45) is 0 Å². The van der Waals surface area contributed by atoms with Gasteiger partial charge in [-0.1, -0.05) is 70.0 Å². The molecular weight excluding hydrogens is 1340 g/mol. The Morgan fingerprint density at radius 3 is 2.27 bits per heavy atom. The van der Waals surface area contributed by atoms with Gasteiger partial charge in [-0.3, -0.25) is 19.7 Å². The first-order valence-electron chi connectivity index (χ1n) is 29.4. The number of benzene rings is 1. The Morgan fingerprint density at radius 2 is 1.60 bits per heavy atom. The number of amides is 1. The number of allylic oxidation sites excluding steroid dienone is 3. The number of ketones is 1. The van der Waals surface area contributed by atoms with Gasteiger partial charge in [0.05, 0.1) is 97.0 Å². The fraction of sp³-hybridized carbons (Fsp3) is 0.683. The summed E-state index contributed by atoms with van der Waals surface area (Å²) in [5.74, 6) is 11.5. The van der Waals surface area contributed by atoms with Crippen molar-refractivity contribution in [2.75, 3.05) is 74.6 Å². The Kier molecular flexibility index (Phi) is 26.3. The van der Waals surface area contributed by atoms with E-state index in [0.717, 1.165) is 44.8 Å². The number of hydroxylamine groups is 1. The third kappa shape index (κ3) is 16.8. The minimum atomic E-state index is -2.06. The molecule has 0 aromatic heterocycles. The topological polar surface area (TPSA) is 312 Å². The summed E-state index contributed by atoms with van der Waals surface area (Å²) in [7, 11) is 12.2. The van der Waals surface area contributed by atoms with E-state index in [1.165, 1.54) is 33.5 Å². The third-order valence-corrected chi connectivity index (χ3v) is 22.0. The Morgan fingerprint density at radius 1 is 0.876 bits per heavy atom. The molecule has 19 atom stereocenters. The predicted octanol–water partition coefficient (Wildman–Crippen LogP) is 3.01. The number of piperidine rings is 1. The number of likely N-dealkylation sites (N-methyl/N-ethyl adjacent to an activating group) is 1. The van der Waals surface area contributed by atoms with Gasteiger partial charge in [-0.15, -0.1) is 0 Å². The molecule has 2 bridgehead atoms. The van der Waals surface area contributed by atoms with Crippen LogP contribution < -0.4 is 30.3 Å². The number of nitrogens with one attached hydrogen (secondary N) is 3. The Bertz CT molecular complexity index is 2870.